The second kappa shape index (κ2) is 6.58. The van der Waals surface area contributed by atoms with E-state index in [-0.39, 0.29) is 12.0 Å². The highest BCUT2D eigenvalue weighted by Gasteiger charge is 2.07. The number of thioether (sulfide) groups is 1. The number of hydrogen-bond acceptors (Lipinski definition) is 6. The molecule has 0 spiro atoms. The summed E-state index contributed by atoms with van der Waals surface area (Å²) in [6.07, 6.45) is 0. The summed E-state index contributed by atoms with van der Waals surface area (Å²) in [6, 6.07) is 7.89. The Morgan fingerprint density at radius 2 is 2.05 bits per heavy atom. The van der Waals surface area contributed by atoms with Gasteiger partial charge in [-0.05, 0) is 18.6 Å². The van der Waals surface area contributed by atoms with Crippen molar-refractivity contribution in [2.24, 2.45) is 0 Å². The summed E-state index contributed by atoms with van der Waals surface area (Å²) in [7, 11) is 0. The predicted molar refractivity (Wildman–Crippen MR) is 76.4 cm³/mol. The van der Waals surface area contributed by atoms with Gasteiger partial charge in [-0.3, -0.25) is 0 Å². The standard InChI is InChI=1S/C12H13ClN4OS/c1-2-18-11-15-10(14)16-12(17-11)19-7-8-5-3-4-6-9(8)13/h3-6H,2,7H2,1H3,(H2,14,15,16,17). The van der Waals surface area contributed by atoms with Crippen LogP contribution in [0, 0.1) is 0 Å². The molecule has 1 heterocycles. The number of benzene rings is 1. The van der Waals surface area contributed by atoms with Gasteiger partial charge in [0.1, 0.15) is 0 Å². The molecule has 100 valence electrons. The maximum atomic E-state index is 6.09. The van der Waals surface area contributed by atoms with Crippen LogP contribution in [0.25, 0.3) is 0 Å². The SMILES string of the molecule is CCOc1nc(N)nc(SCc2ccccc2Cl)n1. The zero-order valence-electron chi connectivity index (χ0n) is 10.3. The molecule has 0 amide bonds. The van der Waals surface area contributed by atoms with Gasteiger partial charge in [-0.2, -0.15) is 15.0 Å². The summed E-state index contributed by atoms with van der Waals surface area (Å²) in [5.74, 6) is 0.814. The van der Waals surface area contributed by atoms with Crippen molar-refractivity contribution in [2.45, 2.75) is 17.8 Å². The van der Waals surface area contributed by atoms with Crippen molar-refractivity contribution in [1.82, 2.24) is 15.0 Å². The number of nitrogens with two attached hydrogens (primary N) is 1. The van der Waals surface area contributed by atoms with Crippen LogP contribution in [0.5, 0.6) is 6.01 Å². The van der Waals surface area contributed by atoms with Crippen LogP contribution >= 0.6 is 23.4 Å². The average molecular weight is 297 g/mol. The Labute approximate surface area is 120 Å². The molecule has 0 fully saturated rings. The number of nitrogens with zero attached hydrogens (tertiary/aromatic N) is 3. The Bertz CT molecular complexity index is 567. The maximum Gasteiger partial charge on any atom is 0.322 e. The van der Waals surface area contributed by atoms with Crippen LogP contribution in [0.4, 0.5) is 5.95 Å². The third kappa shape index (κ3) is 3.97. The quantitative estimate of drug-likeness (QED) is 0.855. The summed E-state index contributed by atoms with van der Waals surface area (Å²) >= 11 is 7.52. The third-order valence-electron chi connectivity index (χ3n) is 2.20. The summed E-state index contributed by atoms with van der Waals surface area (Å²) in [5.41, 5.74) is 6.63. The van der Waals surface area contributed by atoms with E-state index in [1.165, 1.54) is 11.8 Å². The number of rotatable bonds is 5. The Hall–Kier alpha value is -1.53. The van der Waals surface area contributed by atoms with E-state index in [1.54, 1.807) is 0 Å². The molecule has 0 aliphatic rings. The van der Waals surface area contributed by atoms with Gasteiger partial charge in [0.15, 0.2) is 5.16 Å². The molecule has 1 aromatic heterocycles. The lowest BCUT2D eigenvalue weighted by atomic mass is 10.2. The van der Waals surface area contributed by atoms with Gasteiger partial charge in [-0.25, -0.2) is 0 Å². The number of ether oxygens (including phenoxy) is 1. The molecular formula is C12H13ClN4OS. The van der Waals surface area contributed by atoms with E-state index >= 15 is 0 Å². The molecule has 0 aliphatic heterocycles. The van der Waals surface area contributed by atoms with Crippen LogP contribution < -0.4 is 10.5 Å². The fourth-order valence-corrected chi connectivity index (χ4v) is 2.49. The first kappa shape index (κ1) is 13.9. The fraction of sp³-hybridized carbons (Fsp3) is 0.250. The Kier molecular flexibility index (Phi) is 4.81. The highest BCUT2D eigenvalue weighted by Crippen LogP contribution is 2.25. The molecule has 2 aromatic rings. The molecule has 0 atom stereocenters. The first-order valence-corrected chi connectivity index (χ1v) is 7.06. The normalized spacial score (nSPS) is 10.4. The molecule has 0 unspecified atom stereocenters. The van der Waals surface area contributed by atoms with Gasteiger partial charge < -0.3 is 10.5 Å². The monoisotopic (exact) mass is 296 g/mol. The Balaban J connectivity index is 2.09. The summed E-state index contributed by atoms with van der Waals surface area (Å²) in [5, 5.41) is 1.25. The molecule has 0 radical (unpaired) electrons. The third-order valence-corrected chi connectivity index (χ3v) is 3.46. The molecule has 0 saturated heterocycles. The van der Waals surface area contributed by atoms with Gasteiger partial charge in [0.05, 0.1) is 6.61 Å². The summed E-state index contributed by atoms with van der Waals surface area (Å²) in [6.45, 7) is 2.34. The predicted octanol–water partition coefficient (Wildman–Crippen LogP) is 2.80. The molecule has 2 N–H and O–H groups in total. The second-order valence-corrected chi connectivity index (χ2v) is 4.92. The zero-order chi connectivity index (χ0) is 13.7. The molecule has 2 rings (SSSR count). The van der Waals surface area contributed by atoms with Crippen molar-refractivity contribution in [2.75, 3.05) is 12.3 Å². The molecular weight excluding hydrogens is 284 g/mol. The minimum Gasteiger partial charge on any atom is -0.464 e. The van der Waals surface area contributed by atoms with Gasteiger partial charge in [-0.1, -0.05) is 41.6 Å². The van der Waals surface area contributed by atoms with Crippen LogP contribution in [-0.2, 0) is 5.75 Å². The lowest BCUT2D eigenvalue weighted by Gasteiger charge is -2.05. The summed E-state index contributed by atoms with van der Waals surface area (Å²) < 4.78 is 5.22. The van der Waals surface area contributed by atoms with E-state index in [2.05, 4.69) is 15.0 Å². The lowest BCUT2D eigenvalue weighted by Crippen LogP contribution is -2.04. The Morgan fingerprint density at radius 3 is 2.79 bits per heavy atom. The van der Waals surface area contributed by atoms with E-state index in [0.717, 1.165) is 10.6 Å². The molecule has 0 saturated carbocycles. The lowest BCUT2D eigenvalue weighted by molar-refractivity contribution is 0.308. The first-order chi connectivity index (χ1) is 9.19. The number of nitrogen functional groups attached to an aromatic ring is 1. The number of anilines is 1. The van der Waals surface area contributed by atoms with Crippen LogP contribution in [0.3, 0.4) is 0 Å². The van der Waals surface area contributed by atoms with Gasteiger partial charge in [0.25, 0.3) is 0 Å². The van der Waals surface area contributed by atoms with Crippen LogP contribution in [0.1, 0.15) is 12.5 Å². The molecule has 7 heteroatoms. The van der Waals surface area contributed by atoms with Crippen LogP contribution in [0.2, 0.25) is 5.02 Å². The van der Waals surface area contributed by atoms with Gasteiger partial charge in [0.2, 0.25) is 5.95 Å². The van der Waals surface area contributed by atoms with Crippen molar-refractivity contribution in [1.29, 1.82) is 0 Å². The molecule has 0 bridgehead atoms. The molecule has 5 nitrogen and oxygen atoms in total. The minimum absolute atomic E-state index is 0.153. The van der Waals surface area contributed by atoms with Crippen LogP contribution in [0.15, 0.2) is 29.4 Å². The van der Waals surface area contributed by atoms with Crippen molar-refractivity contribution in [3.63, 3.8) is 0 Å². The number of aromatic nitrogens is 3. The largest absolute Gasteiger partial charge is 0.464 e. The smallest absolute Gasteiger partial charge is 0.322 e. The van der Waals surface area contributed by atoms with Gasteiger partial charge >= 0.3 is 6.01 Å². The van der Waals surface area contributed by atoms with Crippen molar-refractivity contribution in [3.05, 3.63) is 34.9 Å². The van der Waals surface area contributed by atoms with Crippen molar-refractivity contribution >= 4 is 29.3 Å². The Morgan fingerprint density at radius 1 is 1.26 bits per heavy atom. The van der Waals surface area contributed by atoms with E-state index in [0.29, 0.717) is 17.5 Å². The number of hydrogen-bond donors (Lipinski definition) is 1. The molecule has 19 heavy (non-hydrogen) atoms. The average Bonchev–Trinajstić information content (AvgIpc) is 2.37. The molecule has 0 aliphatic carbocycles. The highest BCUT2D eigenvalue weighted by molar-refractivity contribution is 7.98. The van der Waals surface area contributed by atoms with Gasteiger partial charge in [-0.15, -0.1) is 0 Å². The maximum absolute atomic E-state index is 6.09. The zero-order valence-corrected chi connectivity index (χ0v) is 11.9. The van der Waals surface area contributed by atoms with E-state index in [1.807, 2.05) is 31.2 Å². The second-order valence-electron chi connectivity index (χ2n) is 3.57. The minimum atomic E-state index is 0.153. The molecule has 1 aromatic carbocycles. The van der Waals surface area contributed by atoms with E-state index < -0.39 is 0 Å². The van der Waals surface area contributed by atoms with Crippen molar-refractivity contribution in [3.8, 4) is 6.01 Å². The van der Waals surface area contributed by atoms with Crippen LogP contribution in [-0.4, -0.2) is 21.6 Å². The van der Waals surface area contributed by atoms with Gasteiger partial charge in [0, 0.05) is 10.8 Å². The van der Waals surface area contributed by atoms with Crippen molar-refractivity contribution < 1.29 is 4.74 Å². The van der Waals surface area contributed by atoms with E-state index in [4.69, 9.17) is 22.1 Å². The van der Waals surface area contributed by atoms with E-state index in [9.17, 15) is 0 Å². The number of halogens is 1. The first-order valence-electron chi connectivity index (χ1n) is 5.69. The summed E-state index contributed by atoms with van der Waals surface area (Å²) in [4.78, 5) is 12.1. The topological polar surface area (TPSA) is 73.9 Å². The fourth-order valence-electron chi connectivity index (χ4n) is 1.37. The highest BCUT2D eigenvalue weighted by atomic mass is 35.5.